The van der Waals surface area contributed by atoms with Gasteiger partial charge in [-0.3, -0.25) is 0 Å². The summed E-state index contributed by atoms with van der Waals surface area (Å²) >= 11 is 0. The lowest BCUT2D eigenvalue weighted by molar-refractivity contribution is 0.672. The van der Waals surface area contributed by atoms with Crippen LogP contribution >= 0.6 is 0 Å². The predicted octanol–water partition coefficient (Wildman–Crippen LogP) is 5.05. The fourth-order valence-corrected chi connectivity index (χ4v) is 2.97. The van der Waals surface area contributed by atoms with Crippen molar-refractivity contribution >= 4 is 0 Å². The number of hydrogen-bond donors (Lipinski definition) is 1. The first-order valence-electron chi connectivity index (χ1n) is 7.72. The Morgan fingerprint density at radius 2 is 1.72 bits per heavy atom. The van der Waals surface area contributed by atoms with Crippen LogP contribution in [-0.4, -0.2) is 6.54 Å². The van der Waals surface area contributed by atoms with Gasteiger partial charge in [-0.15, -0.1) is 0 Å². The molecule has 1 N–H and O–H groups in total. The van der Waals surface area contributed by atoms with E-state index in [-0.39, 0.29) is 0 Å². The zero-order chi connectivity index (χ0) is 13.7. The van der Waals surface area contributed by atoms with Gasteiger partial charge in [-0.2, -0.15) is 0 Å². The van der Waals surface area contributed by atoms with Crippen molar-refractivity contribution in [3.8, 4) is 0 Å². The summed E-state index contributed by atoms with van der Waals surface area (Å²) in [5.41, 5.74) is 6.43. The Hall–Kier alpha value is -0.720. The number of hydrogen-bond acceptors (Lipinski definition) is 1. The molecule has 0 spiro atoms. The molecule has 0 fully saturated rings. The van der Waals surface area contributed by atoms with E-state index in [1.807, 2.05) is 0 Å². The maximum atomic E-state index is 3.69. The molecular formula is C17H31N. The van der Waals surface area contributed by atoms with E-state index in [0.29, 0.717) is 11.8 Å². The van der Waals surface area contributed by atoms with Gasteiger partial charge in [-0.1, -0.05) is 53.5 Å². The van der Waals surface area contributed by atoms with Crippen LogP contribution in [-0.2, 0) is 0 Å². The Morgan fingerprint density at radius 1 is 1.06 bits per heavy atom. The summed E-state index contributed by atoms with van der Waals surface area (Å²) in [5.74, 6) is 1.33. The molecule has 0 aromatic heterocycles. The SMILES string of the molecule is CCCCNC1=C(CC)C(C(C)C)=C(C(C)C)C1. The number of nitrogens with one attached hydrogen (secondary N) is 1. The lowest BCUT2D eigenvalue weighted by Crippen LogP contribution is -2.15. The van der Waals surface area contributed by atoms with Crippen LogP contribution < -0.4 is 5.32 Å². The van der Waals surface area contributed by atoms with Gasteiger partial charge in [0.2, 0.25) is 0 Å². The van der Waals surface area contributed by atoms with Crippen LogP contribution in [0.15, 0.2) is 22.4 Å². The van der Waals surface area contributed by atoms with Crippen molar-refractivity contribution in [1.82, 2.24) is 5.32 Å². The van der Waals surface area contributed by atoms with Crippen LogP contribution in [0.5, 0.6) is 0 Å². The van der Waals surface area contributed by atoms with Gasteiger partial charge in [0.25, 0.3) is 0 Å². The Bertz CT molecular complexity index is 332. The lowest BCUT2D eigenvalue weighted by atomic mass is 9.89. The van der Waals surface area contributed by atoms with Crippen molar-refractivity contribution < 1.29 is 0 Å². The Kier molecular flexibility index (Phi) is 5.98. The summed E-state index contributed by atoms with van der Waals surface area (Å²) in [6, 6.07) is 0. The maximum Gasteiger partial charge on any atom is 0.0183 e. The first kappa shape index (κ1) is 15.3. The number of rotatable bonds is 7. The zero-order valence-electron chi connectivity index (χ0n) is 13.2. The van der Waals surface area contributed by atoms with E-state index in [2.05, 4.69) is 46.9 Å². The minimum Gasteiger partial charge on any atom is -0.388 e. The normalized spacial score (nSPS) is 16.4. The van der Waals surface area contributed by atoms with Gasteiger partial charge in [-0.05, 0) is 35.8 Å². The molecular weight excluding hydrogens is 218 g/mol. The van der Waals surface area contributed by atoms with Crippen molar-refractivity contribution in [3.05, 3.63) is 22.4 Å². The fraction of sp³-hybridized carbons (Fsp3) is 0.765. The van der Waals surface area contributed by atoms with E-state index in [1.165, 1.54) is 18.5 Å². The summed E-state index contributed by atoms with van der Waals surface area (Å²) in [5, 5.41) is 3.69. The molecule has 0 heterocycles. The van der Waals surface area contributed by atoms with Gasteiger partial charge in [0, 0.05) is 18.7 Å². The van der Waals surface area contributed by atoms with Gasteiger partial charge >= 0.3 is 0 Å². The first-order valence-corrected chi connectivity index (χ1v) is 7.72. The molecule has 1 rings (SSSR count). The second-order valence-electron chi connectivity index (χ2n) is 6.02. The molecule has 104 valence electrons. The second kappa shape index (κ2) is 7.01. The molecule has 18 heavy (non-hydrogen) atoms. The minimum atomic E-state index is 0.655. The predicted molar refractivity (Wildman–Crippen MR) is 81.5 cm³/mol. The molecule has 1 heteroatoms. The molecule has 0 aliphatic heterocycles. The summed E-state index contributed by atoms with van der Waals surface area (Å²) in [4.78, 5) is 0. The van der Waals surface area contributed by atoms with Crippen molar-refractivity contribution in [3.63, 3.8) is 0 Å². The van der Waals surface area contributed by atoms with Crippen molar-refractivity contribution in [2.24, 2.45) is 11.8 Å². The highest BCUT2D eigenvalue weighted by atomic mass is 14.9. The van der Waals surface area contributed by atoms with E-state index in [4.69, 9.17) is 0 Å². The number of unbranched alkanes of at least 4 members (excludes halogenated alkanes) is 1. The molecule has 0 saturated heterocycles. The van der Waals surface area contributed by atoms with Gasteiger partial charge in [0.1, 0.15) is 0 Å². The smallest absolute Gasteiger partial charge is 0.0183 e. The average Bonchev–Trinajstić information content (AvgIpc) is 2.68. The van der Waals surface area contributed by atoms with Gasteiger partial charge in [0.05, 0.1) is 0 Å². The highest BCUT2D eigenvalue weighted by Crippen LogP contribution is 2.40. The molecule has 0 atom stereocenters. The summed E-state index contributed by atoms with van der Waals surface area (Å²) < 4.78 is 0. The third kappa shape index (κ3) is 3.40. The van der Waals surface area contributed by atoms with E-state index < -0.39 is 0 Å². The van der Waals surface area contributed by atoms with E-state index >= 15 is 0 Å². The van der Waals surface area contributed by atoms with E-state index in [1.54, 1.807) is 16.7 Å². The fourth-order valence-electron chi connectivity index (χ4n) is 2.97. The highest BCUT2D eigenvalue weighted by molar-refractivity contribution is 5.48. The van der Waals surface area contributed by atoms with Crippen LogP contribution in [0, 0.1) is 11.8 Å². The molecule has 1 nitrogen and oxygen atoms in total. The molecule has 1 aliphatic rings. The molecule has 0 saturated carbocycles. The molecule has 0 aromatic rings. The number of allylic oxidation sites excluding steroid dienone is 3. The molecule has 1 aliphatic carbocycles. The molecule has 0 radical (unpaired) electrons. The maximum absolute atomic E-state index is 3.69. The molecule has 0 amide bonds. The van der Waals surface area contributed by atoms with Crippen LogP contribution in [0.1, 0.15) is 67.2 Å². The third-order valence-electron chi connectivity index (χ3n) is 3.90. The van der Waals surface area contributed by atoms with E-state index in [0.717, 1.165) is 19.4 Å². The minimum absolute atomic E-state index is 0.655. The molecule has 0 unspecified atom stereocenters. The van der Waals surface area contributed by atoms with Crippen molar-refractivity contribution in [2.75, 3.05) is 6.54 Å². The van der Waals surface area contributed by atoms with Gasteiger partial charge in [-0.25, -0.2) is 0 Å². The summed E-state index contributed by atoms with van der Waals surface area (Å²) in [7, 11) is 0. The van der Waals surface area contributed by atoms with Crippen molar-refractivity contribution in [2.45, 2.75) is 67.2 Å². The highest BCUT2D eigenvalue weighted by Gasteiger charge is 2.26. The Morgan fingerprint density at radius 3 is 2.17 bits per heavy atom. The van der Waals surface area contributed by atoms with Gasteiger partial charge < -0.3 is 5.32 Å². The van der Waals surface area contributed by atoms with Crippen molar-refractivity contribution in [1.29, 1.82) is 0 Å². The Labute approximate surface area is 114 Å². The topological polar surface area (TPSA) is 12.0 Å². The largest absolute Gasteiger partial charge is 0.388 e. The summed E-state index contributed by atoms with van der Waals surface area (Å²) in [6.07, 6.45) is 4.87. The lowest BCUT2D eigenvalue weighted by Gasteiger charge is -2.16. The summed E-state index contributed by atoms with van der Waals surface area (Å²) in [6.45, 7) is 15.0. The first-order chi connectivity index (χ1) is 8.52. The van der Waals surface area contributed by atoms with E-state index in [9.17, 15) is 0 Å². The molecule has 0 bridgehead atoms. The quantitative estimate of drug-likeness (QED) is 0.622. The third-order valence-corrected chi connectivity index (χ3v) is 3.90. The van der Waals surface area contributed by atoms with Crippen LogP contribution in [0.25, 0.3) is 0 Å². The monoisotopic (exact) mass is 249 g/mol. The zero-order valence-corrected chi connectivity index (χ0v) is 13.2. The van der Waals surface area contributed by atoms with Crippen LogP contribution in [0.4, 0.5) is 0 Å². The average molecular weight is 249 g/mol. The Balaban J connectivity index is 2.91. The molecule has 0 aromatic carbocycles. The van der Waals surface area contributed by atoms with Crippen LogP contribution in [0.3, 0.4) is 0 Å². The standard InChI is InChI=1S/C17H31N/c1-7-9-10-18-16-11-15(12(3)4)17(13(5)6)14(16)8-2/h12-13,18H,7-11H2,1-6H3. The van der Waals surface area contributed by atoms with Gasteiger partial charge in [0.15, 0.2) is 0 Å². The van der Waals surface area contributed by atoms with Crippen LogP contribution in [0.2, 0.25) is 0 Å². The second-order valence-corrected chi connectivity index (χ2v) is 6.02.